The number of rotatable bonds is 4. The van der Waals surface area contributed by atoms with Gasteiger partial charge in [-0.1, -0.05) is 24.3 Å². The second-order valence-electron chi connectivity index (χ2n) is 4.78. The van der Waals surface area contributed by atoms with Crippen molar-refractivity contribution in [3.05, 3.63) is 35.4 Å². The monoisotopic (exact) mass is 284 g/mol. The van der Waals surface area contributed by atoms with Crippen molar-refractivity contribution in [2.75, 3.05) is 26.2 Å². The molecule has 1 atom stereocenters. The molecule has 0 aliphatic carbocycles. The van der Waals surface area contributed by atoms with E-state index in [4.69, 9.17) is 5.11 Å². The highest BCUT2D eigenvalue weighted by Gasteiger charge is 2.18. The lowest BCUT2D eigenvalue weighted by Crippen LogP contribution is -2.43. The number of nitrogens with one attached hydrogen (secondary N) is 1. The molecule has 1 unspecified atom stereocenters. The summed E-state index contributed by atoms with van der Waals surface area (Å²) in [5.41, 5.74) is 2.07. The van der Waals surface area contributed by atoms with Gasteiger partial charge in [-0.25, -0.2) is 0 Å². The van der Waals surface area contributed by atoms with Crippen LogP contribution in [0.3, 0.4) is 0 Å². The van der Waals surface area contributed by atoms with Gasteiger partial charge in [0.05, 0.1) is 5.92 Å². The Balaban J connectivity index is 0.00000180. The molecule has 1 aliphatic rings. The predicted molar refractivity (Wildman–Crippen MR) is 77.9 cm³/mol. The number of hydrogen-bond donors (Lipinski definition) is 2. The summed E-state index contributed by atoms with van der Waals surface area (Å²) in [6, 6.07) is 7.86. The number of aliphatic carboxylic acids is 1. The molecule has 0 saturated carbocycles. The molecule has 0 radical (unpaired) electrons. The second-order valence-corrected chi connectivity index (χ2v) is 4.78. The van der Waals surface area contributed by atoms with Crippen molar-refractivity contribution in [3.8, 4) is 0 Å². The van der Waals surface area contributed by atoms with Gasteiger partial charge in [-0.05, 0) is 18.1 Å². The van der Waals surface area contributed by atoms with E-state index < -0.39 is 11.9 Å². The Bertz CT molecular complexity index is 420. The average Bonchev–Trinajstić information content (AvgIpc) is 2.39. The Morgan fingerprint density at radius 1 is 1.37 bits per heavy atom. The minimum absolute atomic E-state index is 0. The third kappa shape index (κ3) is 4.20. The van der Waals surface area contributed by atoms with E-state index in [1.165, 1.54) is 0 Å². The van der Waals surface area contributed by atoms with E-state index in [9.17, 15) is 4.79 Å². The van der Waals surface area contributed by atoms with Crippen molar-refractivity contribution in [2.24, 2.45) is 0 Å². The Morgan fingerprint density at radius 2 is 2.00 bits per heavy atom. The van der Waals surface area contributed by atoms with Gasteiger partial charge >= 0.3 is 5.97 Å². The van der Waals surface area contributed by atoms with Gasteiger partial charge < -0.3 is 10.4 Å². The fourth-order valence-corrected chi connectivity index (χ4v) is 2.34. The maximum atomic E-state index is 11.1. The zero-order valence-corrected chi connectivity index (χ0v) is 11.9. The second kappa shape index (κ2) is 7.48. The quantitative estimate of drug-likeness (QED) is 0.884. The van der Waals surface area contributed by atoms with Gasteiger partial charge in [0, 0.05) is 32.7 Å². The molecule has 1 fully saturated rings. The van der Waals surface area contributed by atoms with Crippen LogP contribution in [-0.2, 0) is 11.3 Å². The Kier molecular flexibility index (Phi) is 6.28. The number of piperazine rings is 1. The molecule has 5 heteroatoms. The summed E-state index contributed by atoms with van der Waals surface area (Å²) in [6.07, 6.45) is 0. The van der Waals surface area contributed by atoms with Crippen LogP contribution in [0.4, 0.5) is 0 Å². The summed E-state index contributed by atoms with van der Waals surface area (Å²) in [7, 11) is 0. The van der Waals surface area contributed by atoms with Gasteiger partial charge in [0.2, 0.25) is 0 Å². The number of benzene rings is 1. The third-order valence-electron chi connectivity index (χ3n) is 3.50. The van der Waals surface area contributed by atoms with Gasteiger partial charge in [-0.15, -0.1) is 12.4 Å². The molecule has 1 aromatic carbocycles. The molecule has 2 rings (SSSR count). The summed E-state index contributed by atoms with van der Waals surface area (Å²) >= 11 is 0. The molecule has 2 N–H and O–H groups in total. The maximum Gasteiger partial charge on any atom is 0.310 e. The zero-order valence-electron chi connectivity index (χ0n) is 11.1. The van der Waals surface area contributed by atoms with Crippen LogP contribution in [0.1, 0.15) is 24.0 Å². The van der Waals surface area contributed by atoms with E-state index in [2.05, 4.69) is 10.2 Å². The Morgan fingerprint density at radius 3 is 2.63 bits per heavy atom. The minimum Gasteiger partial charge on any atom is -0.481 e. The normalized spacial score (nSPS) is 17.5. The number of carboxylic acids is 1. The maximum absolute atomic E-state index is 11.1. The zero-order chi connectivity index (χ0) is 13.0. The third-order valence-corrected chi connectivity index (χ3v) is 3.50. The highest BCUT2D eigenvalue weighted by molar-refractivity contribution is 5.85. The summed E-state index contributed by atoms with van der Waals surface area (Å²) in [6.45, 7) is 6.66. The lowest BCUT2D eigenvalue weighted by Gasteiger charge is -2.28. The Hall–Kier alpha value is -1.10. The first-order valence-electron chi connectivity index (χ1n) is 6.42. The van der Waals surface area contributed by atoms with Crippen LogP contribution in [0.2, 0.25) is 0 Å². The number of carbonyl (C=O) groups is 1. The molecule has 1 aromatic rings. The van der Waals surface area contributed by atoms with E-state index >= 15 is 0 Å². The highest BCUT2D eigenvalue weighted by atomic mass is 35.5. The molecule has 0 spiro atoms. The van der Waals surface area contributed by atoms with Gasteiger partial charge in [0.15, 0.2) is 0 Å². The molecule has 0 aromatic heterocycles. The van der Waals surface area contributed by atoms with Gasteiger partial charge in [-0.2, -0.15) is 0 Å². The average molecular weight is 285 g/mol. The number of halogens is 1. The van der Waals surface area contributed by atoms with Crippen molar-refractivity contribution in [2.45, 2.75) is 19.4 Å². The van der Waals surface area contributed by atoms with Crippen LogP contribution < -0.4 is 5.32 Å². The highest BCUT2D eigenvalue weighted by Crippen LogP contribution is 2.21. The minimum atomic E-state index is -0.761. The molecular weight excluding hydrogens is 264 g/mol. The van der Waals surface area contributed by atoms with E-state index in [0.29, 0.717) is 0 Å². The summed E-state index contributed by atoms with van der Waals surface area (Å²) in [5, 5.41) is 12.5. The predicted octanol–water partition coefficient (Wildman–Crippen LogP) is 1.70. The fourth-order valence-electron chi connectivity index (χ4n) is 2.34. The molecule has 4 nitrogen and oxygen atoms in total. The lowest BCUT2D eigenvalue weighted by atomic mass is 9.95. The van der Waals surface area contributed by atoms with E-state index in [-0.39, 0.29) is 12.4 Å². The van der Waals surface area contributed by atoms with Crippen molar-refractivity contribution < 1.29 is 9.90 Å². The fraction of sp³-hybridized carbons (Fsp3) is 0.500. The number of hydrogen-bond acceptors (Lipinski definition) is 3. The molecule has 0 bridgehead atoms. The lowest BCUT2D eigenvalue weighted by molar-refractivity contribution is -0.138. The van der Waals surface area contributed by atoms with Gasteiger partial charge in [-0.3, -0.25) is 9.69 Å². The number of nitrogens with zero attached hydrogens (tertiary/aromatic N) is 1. The first-order chi connectivity index (χ1) is 8.68. The standard InChI is InChI=1S/C14H20N2O2.ClH/c1-11(14(17)18)13-5-3-2-4-12(13)10-16-8-6-15-7-9-16;/h2-5,11,15H,6-10H2,1H3,(H,17,18);1H. The number of carboxylic acid groups (broad SMARTS) is 1. The molecule has 19 heavy (non-hydrogen) atoms. The smallest absolute Gasteiger partial charge is 0.310 e. The van der Waals surface area contributed by atoms with Gasteiger partial charge in [0.1, 0.15) is 0 Å². The molecule has 106 valence electrons. The van der Waals surface area contributed by atoms with Crippen LogP contribution in [0.5, 0.6) is 0 Å². The molecule has 0 amide bonds. The SMILES string of the molecule is CC(C(=O)O)c1ccccc1CN1CCNCC1.Cl. The van der Waals surface area contributed by atoms with Crippen LogP contribution in [0.15, 0.2) is 24.3 Å². The summed E-state index contributed by atoms with van der Waals surface area (Å²) in [5.74, 6) is -1.20. The van der Waals surface area contributed by atoms with E-state index in [1.54, 1.807) is 6.92 Å². The van der Waals surface area contributed by atoms with Crippen molar-refractivity contribution in [3.63, 3.8) is 0 Å². The largest absolute Gasteiger partial charge is 0.481 e. The molecule has 1 heterocycles. The van der Waals surface area contributed by atoms with Crippen LogP contribution >= 0.6 is 12.4 Å². The van der Waals surface area contributed by atoms with Crippen molar-refractivity contribution in [1.82, 2.24) is 10.2 Å². The van der Waals surface area contributed by atoms with Crippen molar-refractivity contribution in [1.29, 1.82) is 0 Å². The van der Waals surface area contributed by atoms with E-state index in [1.807, 2.05) is 24.3 Å². The van der Waals surface area contributed by atoms with Crippen LogP contribution in [0.25, 0.3) is 0 Å². The van der Waals surface area contributed by atoms with Crippen molar-refractivity contribution >= 4 is 18.4 Å². The topological polar surface area (TPSA) is 52.6 Å². The first kappa shape index (κ1) is 16.0. The first-order valence-corrected chi connectivity index (χ1v) is 6.42. The molecule has 1 aliphatic heterocycles. The molecule has 1 saturated heterocycles. The summed E-state index contributed by atoms with van der Waals surface area (Å²) in [4.78, 5) is 13.5. The summed E-state index contributed by atoms with van der Waals surface area (Å²) < 4.78 is 0. The Labute approximate surface area is 120 Å². The van der Waals surface area contributed by atoms with Gasteiger partial charge in [0.25, 0.3) is 0 Å². The van der Waals surface area contributed by atoms with E-state index in [0.717, 1.165) is 43.9 Å². The molecular formula is C14H21ClN2O2. The van der Waals surface area contributed by atoms with Crippen LogP contribution in [0, 0.1) is 0 Å². The van der Waals surface area contributed by atoms with Crippen LogP contribution in [-0.4, -0.2) is 42.2 Å².